The molecule has 16 nitrogen and oxygen atoms in total. The molecule has 0 bridgehead atoms. The highest BCUT2D eigenvalue weighted by molar-refractivity contribution is 5.98. The Balaban J connectivity index is 0.000000196. The van der Waals surface area contributed by atoms with Crippen molar-refractivity contribution < 1.29 is 28.3 Å². The third-order valence-corrected chi connectivity index (χ3v) is 11.4. The van der Waals surface area contributed by atoms with Crippen molar-refractivity contribution in [2.75, 3.05) is 117 Å². The van der Waals surface area contributed by atoms with Crippen molar-refractivity contribution in [2.24, 2.45) is 0 Å². The number of hydrogen-bond acceptors (Lipinski definition) is 15. The minimum absolute atomic E-state index is 0.0497. The number of pyridine rings is 4. The Morgan fingerprint density at radius 1 is 0.726 bits per heavy atom. The van der Waals surface area contributed by atoms with Gasteiger partial charge in [0.15, 0.2) is 5.82 Å². The van der Waals surface area contributed by atoms with Crippen LogP contribution in [0.5, 0.6) is 0 Å². The quantitative estimate of drug-likeness (QED) is 0.129. The van der Waals surface area contributed by atoms with Gasteiger partial charge in [0.05, 0.1) is 108 Å². The van der Waals surface area contributed by atoms with Crippen molar-refractivity contribution >= 4 is 51.0 Å². The first-order chi connectivity index (χ1) is 29.8. The average Bonchev–Trinajstić information content (AvgIpc) is 3.27. The number of nitrogens with zero attached hydrogens (tertiary/aromatic N) is 9. The SMILES string of the molecule is CC1(C)CN(c2cnc(N3CCOCC3)c([N+](=O)[O-])c2)CCO1.Cc1c(-c2ccccn2)nc2cc(F)ccc2c1Nc1cc(N2CCOC(C)(C)C2)cnc1N1CCOCC1. The lowest BCUT2D eigenvalue weighted by Crippen LogP contribution is -2.48. The molecule has 4 aliphatic rings. The largest absolute Gasteiger partial charge is 0.378 e. The van der Waals surface area contributed by atoms with Gasteiger partial charge in [-0.2, -0.15) is 0 Å². The summed E-state index contributed by atoms with van der Waals surface area (Å²) in [5.74, 6) is 0.958. The van der Waals surface area contributed by atoms with Gasteiger partial charge < -0.3 is 43.9 Å². The first-order valence-corrected chi connectivity index (χ1v) is 21.2. The number of halogens is 1. The molecule has 1 aromatic carbocycles. The molecular formula is C45H55FN10O6. The highest BCUT2D eigenvalue weighted by Crippen LogP contribution is 2.39. The lowest BCUT2D eigenvalue weighted by Gasteiger charge is -2.39. The number of morpholine rings is 4. The van der Waals surface area contributed by atoms with Gasteiger partial charge in [-0.1, -0.05) is 6.07 Å². The molecule has 0 atom stereocenters. The molecule has 9 rings (SSSR count). The Morgan fingerprint density at radius 2 is 1.31 bits per heavy atom. The molecule has 62 heavy (non-hydrogen) atoms. The maximum atomic E-state index is 14.3. The van der Waals surface area contributed by atoms with E-state index in [-0.39, 0.29) is 27.6 Å². The molecular weight excluding hydrogens is 796 g/mol. The molecule has 4 saturated heterocycles. The van der Waals surface area contributed by atoms with Crippen LogP contribution in [-0.2, 0) is 18.9 Å². The number of nitrogens with one attached hydrogen (secondary N) is 1. The van der Waals surface area contributed by atoms with E-state index in [0.717, 1.165) is 71.4 Å². The van der Waals surface area contributed by atoms with E-state index in [4.69, 9.17) is 28.9 Å². The maximum Gasteiger partial charge on any atom is 0.313 e. The zero-order valence-corrected chi connectivity index (χ0v) is 36.1. The van der Waals surface area contributed by atoms with Gasteiger partial charge in [0.25, 0.3) is 0 Å². The summed E-state index contributed by atoms with van der Waals surface area (Å²) in [4.78, 5) is 38.4. The zero-order chi connectivity index (χ0) is 43.4. The molecule has 0 saturated carbocycles. The van der Waals surface area contributed by atoms with Crippen LogP contribution in [0.3, 0.4) is 0 Å². The van der Waals surface area contributed by atoms with Crippen molar-refractivity contribution in [3.8, 4) is 11.4 Å². The van der Waals surface area contributed by atoms with E-state index >= 15 is 0 Å². The van der Waals surface area contributed by atoms with Crippen LogP contribution in [0.1, 0.15) is 33.3 Å². The molecule has 328 valence electrons. The molecule has 0 spiro atoms. The van der Waals surface area contributed by atoms with Crippen molar-refractivity contribution in [2.45, 2.75) is 45.8 Å². The molecule has 8 heterocycles. The van der Waals surface area contributed by atoms with Crippen molar-refractivity contribution in [3.05, 3.63) is 88.6 Å². The summed E-state index contributed by atoms with van der Waals surface area (Å²) in [7, 11) is 0. The van der Waals surface area contributed by atoms with Crippen molar-refractivity contribution in [1.82, 2.24) is 19.9 Å². The van der Waals surface area contributed by atoms with E-state index < -0.39 is 0 Å². The van der Waals surface area contributed by atoms with Gasteiger partial charge in [-0.25, -0.2) is 19.3 Å². The van der Waals surface area contributed by atoms with Crippen LogP contribution in [0.25, 0.3) is 22.3 Å². The Kier molecular flexibility index (Phi) is 12.7. The van der Waals surface area contributed by atoms with Crippen LogP contribution >= 0.6 is 0 Å². The van der Waals surface area contributed by atoms with Gasteiger partial charge in [0, 0.05) is 81.6 Å². The Bertz CT molecular complexity index is 2380. The molecule has 0 radical (unpaired) electrons. The molecule has 0 unspecified atom stereocenters. The lowest BCUT2D eigenvalue weighted by molar-refractivity contribution is -0.384. The highest BCUT2D eigenvalue weighted by Gasteiger charge is 2.31. The van der Waals surface area contributed by atoms with E-state index in [1.807, 2.05) is 50.1 Å². The zero-order valence-electron chi connectivity index (χ0n) is 36.1. The predicted octanol–water partition coefficient (Wildman–Crippen LogP) is 6.78. The third kappa shape index (κ3) is 9.81. The second kappa shape index (κ2) is 18.3. The number of aromatic nitrogens is 4. The number of rotatable bonds is 8. The fourth-order valence-corrected chi connectivity index (χ4v) is 8.36. The highest BCUT2D eigenvalue weighted by atomic mass is 19.1. The van der Waals surface area contributed by atoms with Crippen LogP contribution in [-0.4, -0.2) is 128 Å². The van der Waals surface area contributed by atoms with Crippen molar-refractivity contribution in [3.63, 3.8) is 0 Å². The van der Waals surface area contributed by atoms with Crippen LogP contribution in [0.2, 0.25) is 0 Å². The van der Waals surface area contributed by atoms with E-state index in [0.29, 0.717) is 82.8 Å². The van der Waals surface area contributed by atoms with E-state index in [2.05, 4.69) is 49.9 Å². The average molecular weight is 851 g/mol. The summed E-state index contributed by atoms with van der Waals surface area (Å²) in [6, 6.07) is 14.2. The van der Waals surface area contributed by atoms with Gasteiger partial charge >= 0.3 is 5.69 Å². The number of benzene rings is 1. The number of nitro groups is 1. The second-order valence-corrected chi connectivity index (χ2v) is 17.1. The predicted molar refractivity (Wildman–Crippen MR) is 239 cm³/mol. The number of hydrogen-bond donors (Lipinski definition) is 1. The molecule has 17 heteroatoms. The molecule has 4 aliphatic heterocycles. The smallest absolute Gasteiger partial charge is 0.313 e. The summed E-state index contributed by atoms with van der Waals surface area (Å²) in [5, 5.41) is 16.0. The number of ether oxygens (including phenoxy) is 4. The van der Waals surface area contributed by atoms with Gasteiger partial charge in [-0.05, 0) is 65.0 Å². The van der Waals surface area contributed by atoms with E-state index in [1.54, 1.807) is 24.5 Å². The van der Waals surface area contributed by atoms with Gasteiger partial charge in [0.1, 0.15) is 5.82 Å². The van der Waals surface area contributed by atoms with Gasteiger partial charge in [-0.15, -0.1) is 0 Å². The molecule has 0 aliphatic carbocycles. The number of anilines is 6. The second-order valence-electron chi connectivity index (χ2n) is 17.1. The molecule has 0 amide bonds. The molecule has 5 aromatic rings. The van der Waals surface area contributed by atoms with E-state index in [1.165, 1.54) is 12.1 Å². The number of fused-ring (bicyclic) bond motifs is 1. The summed E-state index contributed by atoms with van der Waals surface area (Å²) in [6.07, 6.45) is 5.41. The van der Waals surface area contributed by atoms with Gasteiger partial charge in [0.2, 0.25) is 5.82 Å². The topological polar surface area (TPSA) is 157 Å². The van der Waals surface area contributed by atoms with Crippen LogP contribution in [0.15, 0.2) is 67.1 Å². The first kappa shape index (κ1) is 42.9. The Hall–Kier alpha value is -5.75. The molecule has 1 N–H and O–H groups in total. The minimum atomic E-state index is -0.354. The van der Waals surface area contributed by atoms with Crippen LogP contribution in [0.4, 0.5) is 44.5 Å². The summed E-state index contributed by atoms with van der Waals surface area (Å²) >= 11 is 0. The van der Waals surface area contributed by atoms with Crippen molar-refractivity contribution in [1.29, 1.82) is 0 Å². The first-order valence-electron chi connectivity index (χ1n) is 21.2. The summed E-state index contributed by atoms with van der Waals surface area (Å²) in [5.41, 5.74) is 6.01. The monoisotopic (exact) mass is 850 g/mol. The Labute approximate surface area is 361 Å². The van der Waals surface area contributed by atoms with E-state index in [9.17, 15) is 14.5 Å². The third-order valence-electron chi connectivity index (χ3n) is 11.4. The maximum absolute atomic E-state index is 14.3. The standard InChI is InChI=1S/C30H33FN6O2.C15H22N4O4/c1-20-27(23-8-7-21(31)16-25(23)34-28(20)24-6-4-5-9-32-24)35-26-17-22(37-12-15-39-30(2,3)19-37)18-33-29(26)36-10-13-38-14-11-36;1-15(2)11-18(5-8-23-15)12-9-13(19(20)21)14(16-10-12)17-3-6-22-7-4-17/h4-9,16-18H,10-15,19H2,1-3H3,(H,34,35);9-10H,3-8,11H2,1-2H3. The fourth-order valence-electron chi connectivity index (χ4n) is 8.36. The summed E-state index contributed by atoms with van der Waals surface area (Å²) in [6.45, 7) is 19.7. The van der Waals surface area contributed by atoms with Gasteiger partial charge in [-0.3, -0.25) is 15.1 Å². The Morgan fingerprint density at radius 3 is 1.89 bits per heavy atom. The molecule has 4 aromatic heterocycles. The summed E-state index contributed by atoms with van der Waals surface area (Å²) < 4.78 is 36.9. The normalized spacial score (nSPS) is 18.9. The lowest BCUT2D eigenvalue weighted by atomic mass is 10.0. The minimum Gasteiger partial charge on any atom is -0.378 e. The molecule has 4 fully saturated rings. The van der Waals surface area contributed by atoms with Crippen LogP contribution < -0.4 is 24.9 Å². The fraction of sp³-hybridized carbons (Fsp3) is 0.467. The van der Waals surface area contributed by atoms with Crippen LogP contribution in [0, 0.1) is 22.9 Å².